The minimum absolute atomic E-state index is 0.0780. The Morgan fingerprint density at radius 1 is 1.10 bits per heavy atom. The fourth-order valence-electron chi connectivity index (χ4n) is 5.28. The molecule has 0 spiro atoms. The fourth-order valence-corrected chi connectivity index (χ4v) is 5.54. The highest BCUT2D eigenvalue weighted by Crippen LogP contribution is 2.49. The van der Waals surface area contributed by atoms with Gasteiger partial charge in [-0.2, -0.15) is 0 Å². The number of likely N-dealkylation sites (N-methyl/N-ethyl adjacent to an activating group) is 1. The quantitative estimate of drug-likeness (QED) is 0.636. The lowest BCUT2D eigenvalue weighted by molar-refractivity contribution is 0.156. The summed E-state index contributed by atoms with van der Waals surface area (Å²) in [5, 5.41) is 6.13. The van der Waals surface area contributed by atoms with Gasteiger partial charge in [0.25, 0.3) is 0 Å². The molecule has 166 valence electrons. The first-order valence-electron chi connectivity index (χ1n) is 10.7. The van der Waals surface area contributed by atoms with Gasteiger partial charge in [0.15, 0.2) is 11.5 Å². The molecule has 2 amide bonds. The number of nitrogens with zero attached hydrogens (tertiary/aromatic N) is 1. The second-order valence-corrected chi connectivity index (χ2v) is 9.46. The number of carbonyl (C=O) groups excluding carboxylic acids is 1. The van der Waals surface area contributed by atoms with Gasteiger partial charge < -0.3 is 25.0 Å². The zero-order valence-electron chi connectivity index (χ0n) is 18.3. The second-order valence-electron chi connectivity index (χ2n) is 8.55. The third-order valence-electron chi connectivity index (χ3n) is 6.92. The van der Waals surface area contributed by atoms with Gasteiger partial charge in [-0.3, -0.25) is 0 Å². The van der Waals surface area contributed by atoms with Crippen LogP contribution in [0.3, 0.4) is 0 Å². The minimum Gasteiger partial charge on any atom is -0.493 e. The molecule has 1 aliphatic carbocycles. The molecule has 2 aromatic carbocycles. The lowest BCUT2D eigenvalue weighted by Crippen LogP contribution is -2.52. The van der Waals surface area contributed by atoms with Crippen molar-refractivity contribution in [2.24, 2.45) is 0 Å². The molecule has 6 nitrogen and oxygen atoms in total. The molecule has 4 rings (SSSR count). The van der Waals surface area contributed by atoms with Crippen molar-refractivity contribution in [1.82, 2.24) is 10.2 Å². The van der Waals surface area contributed by atoms with Crippen LogP contribution in [0.5, 0.6) is 11.5 Å². The predicted octanol–water partition coefficient (Wildman–Crippen LogP) is 4.78. The standard InChI is InChI=1S/C24H30BrN3O3/c1-28-13-12-24(16-4-9-20(30-2)21(14-16)31-3)11-10-19(15-22(24)28)27-23(29)26-18-7-5-17(25)6-8-18/h4-9,14,19,22H,10-13,15H2,1-3H3,(H2,26,27,29)/t19-,22+,24+/m0/s1. The highest BCUT2D eigenvalue weighted by Gasteiger charge is 2.50. The predicted molar refractivity (Wildman–Crippen MR) is 126 cm³/mol. The molecular formula is C24H30BrN3O3. The number of methoxy groups -OCH3 is 2. The number of rotatable bonds is 5. The number of amides is 2. The molecule has 7 heteroatoms. The molecular weight excluding hydrogens is 458 g/mol. The van der Waals surface area contributed by atoms with E-state index >= 15 is 0 Å². The van der Waals surface area contributed by atoms with Crippen molar-refractivity contribution in [1.29, 1.82) is 0 Å². The maximum absolute atomic E-state index is 12.6. The Bertz CT molecular complexity index is 936. The van der Waals surface area contributed by atoms with Gasteiger partial charge in [-0.1, -0.05) is 22.0 Å². The monoisotopic (exact) mass is 487 g/mol. The molecule has 0 unspecified atom stereocenters. The number of ether oxygens (including phenoxy) is 2. The van der Waals surface area contributed by atoms with Gasteiger partial charge in [-0.05, 0) is 81.2 Å². The first kappa shape index (κ1) is 22.0. The van der Waals surface area contributed by atoms with Crippen LogP contribution in [0.2, 0.25) is 0 Å². The minimum atomic E-state index is -0.147. The maximum Gasteiger partial charge on any atom is 0.319 e. The Morgan fingerprint density at radius 2 is 1.84 bits per heavy atom. The normalized spacial score (nSPS) is 25.5. The topological polar surface area (TPSA) is 62.8 Å². The summed E-state index contributed by atoms with van der Waals surface area (Å²) in [6.45, 7) is 1.05. The number of hydrogen-bond acceptors (Lipinski definition) is 4. The van der Waals surface area contributed by atoms with Crippen LogP contribution >= 0.6 is 15.9 Å². The van der Waals surface area contributed by atoms with Gasteiger partial charge in [0.05, 0.1) is 14.2 Å². The molecule has 0 bridgehead atoms. The Balaban J connectivity index is 1.47. The van der Waals surface area contributed by atoms with Gasteiger partial charge in [-0.25, -0.2) is 4.79 Å². The van der Waals surface area contributed by atoms with Crippen LogP contribution in [0.1, 0.15) is 31.2 Å². The van der Waals surface area contributed by atoms with E-state index in [1.807, 2.05) is 30.3 Å². The van der Waals surface area contributed by atoms with Gasteiger partial charge in [-0.15, -0.1) is 0 Å². The highest BCUT2D eigenvalue weighted by molar-refractivity contribution is 9.10. The van der Waals surface area contributed by atoms with Crippen molar-refractivity contribution in [2.45, 2.75) is 43.2 Å². The van der Waals surface area contributed by atoms with Crippen molar-refractivity contribution in [3.8, 4) is 11.5 Å². The van der Waals surface area contributed by atoms with E-state index in [1.54, 1.807) is 14.2 Å². The van der Waals surface area contributed by atoms with Crippen LogP contribution in [0.15, 0.2) is 46.9 Å². The van der Waals surface area contributed by atoms with Crippen molar-refractivity contribution in [2.75, 3.05) is 33.1 Å². The largest absolute Gasteiger partial charge is 0.493 e. The summed E-state index contributed by atoms with van der Waals surface area (Å²) >= 11 is 3.42. The van der Waals surface area contributed by atoms with E-state index in [2.05, 4.69) is 50.6 Å². The summed E-state index contributed by atoms with van der Waals surface area (Å²) in [5.74, 6) is 1.53. The summed E-state index contributed by atoms with van der Waals surface area (Å²) in [6.07, 6.45) is 4.02. The average molecular weight is 488 g/mol. The summed E-state index contributed by atoms with van der Waals surface area (Å²) in [6, 6.07) is 14.3. The summed E-state index contributed by atoms with van der Waals surface area (Å²) < 4.78 is 12.0. The Morgan fingerprint density at radius 3 is 2.55 bits per heavy atom. The SMILES string of the molecule is COc1ccc([C@]23CC[C@H](NC(=O)Nc4ccc(Br)cc4)C[C@H]2N(C)CC3)cc1OC. The van der Waals surface area contributed by atoms with Crippen LogP contribution < -0.4 is 20.1 Å². The van der Waals surface area contributed by atoms with Gasteiger partial charge in [0.1, 0.15) is 0 Å². The van der Waals surface area contributed by atoms with Gasteiger partial charge in [0.2, 0.25) is 0 Å². The Hall–Kier alpha value is -2.25. The van der Waals surface area contributed by atoms with E-state index < -0.39 is 0 Å². The van der Waals surface area contributed by atoms with E-state index in [-0.39, 0.29) is 17.5 Å². The lowest BCUT2D eigenvalue weighted by atomic mass is 9.65. The number of likely N-dealkylation sites (tertiary alicyclic amines) is 1. The van der Waals surface area contributed by atoms with E-state index in [4.69, 9.17) is 9.47 Å². The first-order chi connectivity index (χ1) is 14.9. The van der Waals surface area contributed by atoms with Crippen molar-refractivity contribution < 1.29 is 14.3 Å². The molecule has 3 atom stereocenters. The molecule has 2 fully saturated rings. The zero-order valence-corrected chi connectivity index (χ0v) is 19.9. The molecule has 1 saturated heterocycles. The first-order valence-corrected chi connectivity index (χ1v) is 11.5. The molecule has 2 N–H and O–H groups in total. The van der Waals surface area contributed by atoms with Crippen LogP contribution in [-0.2, 0) is 5.41 Å². The molecule has 1 saturated carbocycles. The van der Waals surface area contributed by atoms with E-state index in [0.29, 0.717) is 6.04 Å². The number of fused-ring (bicyclic) bond motifs is 1. The average Bonchev–Trinajstić information content (AvgIpc) is 3.12. The fraction of sp³-hybridized carbons (Fsp3) is 0.458. The molecule has 1 heterocycles. The number of nitrogens with one attached hydrogen (secondary N) is 2. The lowest BCUT2D eigenvalue weighted by Gasteiger charge is -2.45. The molecule has 31 heavy (non-hydrogen) atoms. The van der Waals surface area contributed by atoms with E-state index in [1.165, 1.54) is 5.56 Å². The van der Waals surface area contributed by atoms with Gasteiger partial charge in [0, 0.05) is 27.7 Å². The van der Waals surface area contributed by atoms with E-state index in [9.17, 15) is 4.79 Å². The molecule has 2 aromatic rings. The van der Waals surface area contributed by atoms with Crippen molar-refractivity contribution in [3.63, 3.8) is 0 Å². The Kier molecular flexibility index (Phi) is 6.44. The summed E-state index contributed by atoms with van der Waals surface area (Å²) in [5.41, 5.74) is 2.17. The summed E-state index contributed by atoms with van der Waals surface area (Å²) in [4.78, 5) is 15.0. The number of halogens is 1. The summed E-state index contributed by atoms with van der Waals surface area (Å²) in [7, 11) is 5.54. The third-order valence-corrected chi connectivity index (χ3v) is 7.45. The van der Waals surface area contributed by atoms with Crippen LogP contribution in [0.25, 0.3) is 0 Å². The van der Waals surface area contributed by atoms with Crippen LogP contribution in [0, 0.1) is 0 Å². The molecule has 1 aliphatic heterocycles. The molecule has 0 radical (unpaired) electrons. The zero-order chi connectivity index (χ0) is 22.0. The van der Waals surface area contributed by atoms with Crippen molar-refractivity contribution in [3.05, 3.63) is 52.5 Å². The smallest absolute Gasteiger partial charge is 0.319 e. The Labute approximate surface area is 192 Å². The van der Waals surface area contributed by atoms with Crippen molar-refractivity contribution >= 4 is 27.6 Å². The number of benzene rings is 2. The maximum atomic E-state index is 12.6. The number of urea groups is 1. The number of anilines is 1. The van der Waals surface area contributed by atoms with Crippen LogP contribution in [0.4, 0.5) is 10.5 Å². The second kappa shape index (κ2) is 9.09. The molecule has 0 aromatic heterocycles. The van der Waals surface area contributed by atoms with E-state index in [0.717, 1.165) is 53.9 Å². The third kappa shape index (κ3) is 4.39. The van der Waals surface area contributed by atoms with Gasteiger partial charge >= 0.3 is 6.03 Å². The number of carbonyl (C=O) groups is 1. The highest BCUT2D eigenvalue weighted by atomic mass is 79.9. The van der Waals surface area contributed by atoms with Crippen LogP contribution in [-0.4, -0.2) is 50.8 Å². The number of hydrogen-bond donors (Lipinski definition) is 2. The molecule has 2 aliphatic rings.